The summed E-state index contributed by atoms with van der Waals surface area (Å²) >= 11 is 0. The minimum atomic E-state index is -3.69. The second kappa shape index (κ2) is 6.72. The maximum absolute atomic E-state index is 12.8. The van der Waals surface area contributed by atoms with Crippen molar-refractivity contribution in [3.8, 4) is 11.5 Å². The molecule has 0 bridgehead atoms. The molecule has 4 rings (SSSR count). The van der Waals surface area contributed by atoms with E-state index >= 15 is 0 Å². The summed E-state index contributed by atoms with van der Waals surface area (Å²) in [6, 6.07) is 18.6. The van der Waals surface area contributed by atoms with Crippen molar-refractivity contribution in [2.45, 2.75) is 11.7 Å². The molecule has 7 nitrogen and oxygen atoms in total. The Kier molecular flexibility index (Phi) is 4.26. The summed E-state index contributed by atoms with van der Waals surface area (Å²) in [5, 5.41) is 11.9. The molecule has 1 aliphatic heterocycles. The average Bonchev–Trinajstić information content (AvgIpc) is 3.33. The van der Waals surface area contributed by atoms with Crippen molar-refractivity contribution in [2.24, 2.45) is 5.10 Å². The molecule has 0 fully saturated rings. The van der Waals surface area contributed by atoms with Gasteiger partial charge in [-0.3, -0.25) is 0 Å². The van der Waals surface area contributed by atoms with E-state index < -0.39 is 9.84 Å². The number of hydrogen-bond acceptors (Lipinski definition) is 7. The van der Waals surface area contributed by atoms with E-state index in [2.05, 4.69) is 20.7 Å². The van der Waals surface area contributed by atoms with Crippen LogP contribution < -0.4 is 5.43 Å². The number of hydrazone groups is 1. The molecule has 2 heterocycles. The minimum Gasteiger partial charge on any atom is -0.420 e. The first kappa shape index (κ1) is 16.5. The van der Waals surface area contributed by atoms with Crippen LogP contribution in [0.15, 0.2) is 70.2 Å². The monoisotopic (exact) mass is 368 g/mol. The molecule has 0 aliphatic carbocycles. The number of hydrogen-bond donors (Lipinski definition) is 1. The number of sulfone groups is 1. The molecule has 132 valence electrons. The van der Waals surface area contributed by atoms with Crippen molar-refractivity contribution in [1.82, 2.24) is 15.6 Å². The van der Waals surface area contributed by atoms with Crippen molar-refractivity contribution in [3.05, 3.63) is 72.1 Å². The molecular weight excluding hydrogens is 352 g/mol. The van der Waals surface area contributed by atoms with Gasteiger partial charge in [-0.1, -0.05) is 48.5 Å². The highest BCUT2D eigenvalue weighted by Gasteiger charge is 2.34. The molecule has 1 N–H and O–H groups in total. The topological polar surface area (TPSA) is 97.5 Å². The summed E-state index contributed by atoms with van der Waals surface area (Å²) in [4.78, 5) is 0. The first-order chi connectivity index (χ1) is 12.6. The lowest BCUT2D eigenvalue weighted by Gasteiger charge is -2.11. The zero-order valence-corrected chi connectivity index (χ0v) is 14.6. The molecule has 1 aromatic heterocycles. The standard InChI is InChI=1S/C18H16N4O3S/c23-26(24,18-15(11-19-22-18)13-7-3-1-4-8-13)12-16-20-21-17(25-16)14-9-5-2-6-10-14/h1-10,15,19H,11-12H2. The van der Waals surface area contributed by atoms with Gasteiger partial charge in [-0.05, 0) is 17.7 Å². The van der Waals surface area contributed by atoms with E-state index in [1.807, 2.05) is 60.7 Å². The second-order valence-corrected chi connectivity index (χ2v) is 7.84. The lowest BCUT2D eigenvalue weighted by atomic mass is 10.0. The number of rotatable bonds is 4. The molecule has 0 saturated heterocycles. The Morgan fingerprint density at radius 2 is 1.69 bits per heavy atom. The number of nitrogens with one attached hydrogen (secondary N) is 1. The van der Waals surface area contributed by atoms with E-state index in [9.17, 15) is 8.42 Å². The maximum atomic E-state index is 12.8. The summed E-state index contributed by atoms with van der Waals surface area (Å²) in [5.41, 5.74) is 4.43. The minimum absolute atomic E-state index is 0.0465. The van der Waals surface area contributed by atoms with Gasteiger partial charge in [0.25, 0.3) is 0 Å². The molecule has 3 aromatic rings. The van der Waals surface area contributed by atoms with Crippen molar-refractivity contribution in [2.75, 3.05) is 6.54 Å². The fourth-order valence-electron chi connectivity index (χ4n) is 2.86. The SMILES string of the molecule is O=S(=O)(Cc1nnc(-c2ccccc2)o1)C1=NNCC1c1ccccc1. The van der Waals surface area contributed by atoms with Crippen molar-refractivity contribution in [1.29, 1.82) is 0 Å². The third kappa shape index (κ3) is 3.23. The fourth-order valence-corrected chi connectivity index (χ4v) is 4.30. The Balaban J connectivity index is 1.57. The highest BCUT2D eigenvalue weighted by Crippen LogP contribution is 2.25. The van der Waals surface area contributed by atoms with Crippen LogP contribution in [0.5, 0.6) is 0 Å². The Morgan fingerprint density at radius 1 is 1.00 bits per heavy atom. The smallest absolute Gasteiger partial charge is 0.247 e. The van der Waals surface area contributed by atoms with E-state index in [-0.39, 0.29) is 22.6 Å². The number of aromatic nitrogens is 2. The largest absolute Gasteiger partial charge is 0.420 e. The third-order valence-corrected chi connectivity index (χ3v) is 5.74. The van der Waals surface area contributed by atoms with Crippen LogP contribution in [0.4, 0.5) is 0 Å². The Labute approximate surface area is 150 Å². The molecule has 2 aromatic carbocycles. The summed E-state index contributed by atoms with van der Waals surface area (Å²) in [5.74, 6) is -0.360. The molecule has 0 saturated carbocycles. The predicted octanol–water partition coefficient (Wildman–Crippen LogP) is 2.35. The van der Waals surface area contributed by atoms with Gasteiger partial charge in [0.1, 0.15) is 5.75 Å². The van der Waals surface area contributed by atoms with Crippen LogP contribution in [0.3, 0.4) is 0 Å². The van der Waals surface area contributed by atoms with Crippen LogP contribution in [-0.2, 0) is 15.6 Å². The van der Waals surface area contributed by atoms with Crippen LogP contribution in [0.2, 0.25) is 0 Å². The Hall–Kier alpha value is -3.00. The van der Waals surface area contributed by atoms with Crippen molar-refractivity contribution < 1.29 is 12.8 Å². The van der Waals surface area contributed by atoms with Crippen molar-refractivity contribution >= 4 is 14.9 Å². The van der Waals surface area contributed by atoms with Gasteiger partial charge in [-0.25, -0.2) is 8.42 Å². The van der Waals surface area contributed by atoms with Gasteiger partial charge >= 0.3 is 0 Å². The van der Waals surface area contributed by atoms with Gasteiger partial charge in [0.05, 0.1) is 5.92 Å². The Morgan fingerprint density at radius 3 is 2.42 bits per heavy atom. The van der Waals surface area contributed by atoms with E-state index in [1.165, 1.54) is 0 Å². The zero-order valence-electron chi connectivity index (χ0n) is 13.7. The first-order valence-corrected chi connectivity index (χ1v) is 9.75. The van der Waals surface area contributed by atoms with Crippen LogP contribution in [-0.4, -0.2) is 30.2 Å². The Bertz CT molecular complexity index is 1030. The first-order valence-electron chi connectivity index (χ1n) is 8.09. The van der Waals surface area contributed by atoms with Crippen LogP contribution in [0.1, 0.15) is 17.4 Å². The normalized spacial score (nSPS) is 16.9. The zero-order chi connectivity index (χ0) is 18.0. The molecule has 1 unspecified atom stereocenters. The molecule has 8 heteroatoms. The summed E-state index contributed by atoms with van der Waals surface area (Å²) in [6.45, 7) is 0.442. The number of benzene rings is 2. The second-order valence-electron chi connectivity index (χ2n) is 5.90. The van der Waals surface area contributed by atoms with E-state index in [4.69, 9.17) is 4.42 Å². The van der Waals surface area contributed by atoms with Gasteiger partial charge in [-0.15, -0.1) is 10.2 Å². The average molecular weight is 368 g/mol. The summed E-state index contributed by atoms with van der Waals surface area (Å²) in [7, 11) is -3.69. The van der Waals surface area contributed by atoms with Gasteiger partial charge < -0.3 is 9.84 Å². The van der Waals surface area contributed by atoms with Crippen LogP contribution >= 0.6 is 0 Å². The van der Waals surface area contributed by atoms with Gasteiger partial charge in [0, 0.05) is 12.1 Å². The highest BCUT2D eigenvalue weighted by molar-refractivity contribution is 8.05. The van der Waals surface area contributed by atoms with E-state index in [0.29, 0.717) is 12.4 Å². The van der Waals surface area contributed by atoms with E-state index in [1.54, 1.807) is 0 Å². The lowest BCUT2D eigenvalue weighted by molar-refractivity contribution is 0.520. The molecule has 0 radical (unpaired) electrons. The molecule has 0 amide bonds. The molecular formula is C18H16N4O3S. The highest BCUT2D eigenvalue weighted by atomic mass is 32.2. The van der Waals surface area contributed by atoms with Gasteiger partial charge in [0.2, 0.25) is 21.6 Å². The molecule has 1 aliphatic rings. The van der Waals surface area contributed by atoms with Gasteiger partial charge in [-0.2, -0.15) is 5.10 Å². The molecule has 1 atom stereocenters. The van der Waals surface area contributed by atoms with Crippen LogP contribution in [0, 0.1) is 0 Å². The predicted molar refractivity (Wildman–Crippen MR) is 97.0 cm³/mol. The third-order valence-electron chi connectivity index (χ3n) is 4.10. The summed E-state index contributed by atoms with van der Waals surface area (Å²) < 4.78 is 31.2. The van der Waals surface area contributed by atoms with Crippen LogP contribution in [0.25, 0.3) is 11.5 Å². The lowest BCUT2D eigenvalue weighted by Crippen LogP contribution is -2.23. The summed E-state index contributed by atoms with van der Waals surface area (Å²) in [6.07, 6.45) is 0. The fraction of sp³-hybridized carbons (Fsp3) is 0.167. The van der Waals surface area contributed by atoms with E-state index in [0.717, 1.165) is 11.1 Å². The molecule has 0 spiro atoms. The van der Waals surface area contributed by atoms with Gasteiger partial charge in [0.15, 0.2) is 5.04 Å². The molecule has 26 heavy (non-hydrogen) atoms. The number of nitrogens with zero attached hydrogens (tertiary/aromatic N) is 3. The quantitative estimate of drug-likeness (QED) is 0.759. The van der Waals surface area contributed by atoms with Crippen molar-refractivity contribution in [3.63, 3.8) is 0 Å². The maximum Gasteiger partial charge on any atom is 0.247 e.